The first-order chi connectivity index (χ1) is 24.0. The van der Waals surface area contributed by atoms with Gasteiger partial charge in [0.1, 0.15) is 29.4 Å². The standard InChI is InChI=1S/C36H44N8O6/c1-21(2)29(41-35(47)49-5)33(45)43-17-9-13-27(43)31-37-20-24(38-31)12-8-7-11-23-15-16-25-26(19-23)40-32(39-25)28-14-10-18-44(28)34(46)30(22(3)4)42-36(48)50-6/h15-16,19-22,27-30H,9-10,13-14,17-18H2,1-6H3,(H,37,38)(H,39,40)(H,41,47)(H,42,48)/t27-,28-,29-,30-/m0/s1. The number of methoxy groups -OCH3 is 2. The molecule has 5 rings (SSSR count). The molecule has 3 aromatic rings. The number of hydrogen-bond acceptors (Lipinski definition) is 8. The summed E-state index contributed by atoms with van der Waals surface area (Å²) in [6, 6.07) is 3.75. The smallest absolute Gasteiger partial charge is 0.407 e. The van der Waals surface area contributed by atoms with Gasteiger partial charge in [0, 0.05) is 18.7 Å². The molecule has 4 atom stereocenters. The molecule has 0 aliphatic carbocycles. The molecule has 0 radical (unpaired) electrons. The fourth-order valence-electron chi connectivity index (χ4n) is 6.42. The molecule has 2 aromatic heterocycles. The predicted octanol–water partition coefficient (Wildman–Crippen LogP) is 3.78. The molecule has 50 heavy (non-hydrogen) atoms. The van der Waals surface area contributed by atoms with Crippen LogP contribution in [0.3, 0.4) is 0 Å². The highest BCUT2D eigenvalue weighted by Crippen LogP contribution is 2.33. The highest BCUT2D eigenvalue weighted by molar-refractivity contribution is 5.87. The first-order valence-corrected chi connectivity index (χ1v) is 16.9. The van der Waals surface area contributed by atoms with E-state index in [2.05, 4.69) is 49.3 Å². The molecule has 1 aromatic carbocycles. The predicted molar refractivity (Wildman–Crippen MR) is 184 cm³/mol. The highest BCUT2D eigenvalue weighted by atomic mass is 16.5. The number of ether oxygens (including phenoxy) is 2. The van der Waals surface area contributed by atoms with Crippen LogP contribution in [0.2, 0.25) is 0 Å². The zero-order valence-corrected chi connectivity index (χ0v) is 29.3. The average Bonchev–Trinajstić information content (AvgIpc) is 3.92. The summed E-state index contributed by atoms with van der Waals surface area (Å²) in [5, 5.41) is 5.33. The second-order valence-corrected chi connectivity index (χ2v) is 13.1. The molecule has 14 nitrogen and oxygen atoms in total. The van der Waals surface area contributed by atoms with Gasteiger partial charge in [-0.15, -0.1) is 0 Å². The van der Waals surface area contributed by atoms with Crippen molar-refractivity contribution in [3.63, 3.8) is 0 Å². The molecular formula is C36H44N8O6. The Morgan fingerprint density at radius 3 is 1.94 bits per heavy atom. The molecule has 2 aliphatic rings. The maximum absolute atomic E-state index is 13.5. The zero-order valence-electron chi connectivity index (χ0n) is 29.3. The van der Waals surface area contributed by atoms with Gasteiger partial charge in [-0.25, -0.2) is 19.6 Å². The number of alkyl carbamates (subject to hydrolysis) is 2. The first-order valence-electron chi connectivity index (χ1n) is 16.9. The molecule has 4 heterocycles. The van der Waals surface area contributed by atoms with Gasteiger partial charge in [-0.2, -0.15) is 0 Å². The van der Waals surface area contributed by atoms with Crippen LogP contribution in [0.25, 0.3) is 11.0 Å². The van der Waals surface area contributed by atoms with Gasteiger partial charge in [0.25, 0.3) is 0 Å². The van der Waals surface area contributed by atoms with Crippen molar-refractivity contribution in [2.45, 2.75) is 77.5 Å². The summed E-state index contributed by atoms with van der Waals surface area (Å²) < 4.78 is 9.44. The summed E-state index contributed by atoms with van der Waals surface area (Å²) in [6.45, 7) is 8.66. The third-order valence-electron chi connectivity index (χ3n) is 9.05. The lowest BCUT2D eigenvalue weighted by atomic mass is 10.0. The second kappa shape index (κ2) is 15.8. The second-order valence-electron chi connectivity index (χ2n) is 13.1. The van der Waals surface area contributed by atoms with Crippen LogP contribution in [-0.4, -0.2) is 93.1 Å². The van der Waals surface area contributed by atoms with E-state index in [1.54, 1.807) is 16.0 Å². The van der Waals surface area contributed by atoms with Crippen molar-refractivity contribution in [2.75, 3.05) is 27.3 Å². The Morgan fingerprint density at radius 1 is 0.820 bits per heavy atom. The van der Waals surface area contributed by atoms with Crippen molar-refractivity contribution < 1.29 is 28.7 Å². The van der Waals surface area contributed by atoms with Crippen LogP contribution >= 0.6 is 0 Å². The Morgan fingerprint density at radius 2 is 1.38 bits per heavy atom. The van der Waals surface area contributed by atoms with Crippen molar-refractivity contribution in [2.24, 2.45) is 11.8 Å². The number of hydrogen-bond donors (Lipinski definition) is 4. The molecule has 0 unspecified atom stereocenters. The Balaban J connectivity index is 1.25. The first kappa shape index (κ1) is 35.8. The average molecular weight is 685 g/mol. The van der Waals surface area contributed by atoms with Gasteiger partial charge in [-0.1, -0.05) is 33.6 Å². The van der Waals surface area contributed by atoms with Crippen LogP contribution < -0.4 is 10.6 Å². The van der Waals surface area contributed by atoms with Gasteiger partial charge >= 0.3 is 12.2 Å². The molecule has 2 saturated heterocycles. The van der Waals surface area contributed by atoms with E-state index < -0.39 is 24.3 Å². The number of amides is 4. The number of nitrogens with one attached hydrogen (secondary N) is 4. The van der Waals surface area contributed by atoms with E-state index in [1.807, 2.05) is 45.9 Å². The SMILES string of the molecule is COC(=O)N[C@H](C(=O)N1CCC[C@H]1c1ncc(C#CC#Cc2ccc3nc([C@@H]4CCCN4C(=O)[C@@H](NC(=O)OC)C(C)C)[nH]c3c2)[nH]1)C(C)C. The number of nitrogens with zero attached hydrogens (tertiary/aromatic N) is 4. The Hall–Kier alpha value is -5.50. The van der Waals surface area contributed by atoms with Crippen molar-refractivity contribution in [1.29, 1.82) is 0 Å². The lowest BCUT2D eigenvalue weighted by molar-refractivity contribution is -0.136. The van der Waals surface area contributed by atoms with Crippen LogP contribution in [0.15, 0.2) is 24.4 Å². The molecule has 0 bridgehead atoms. The number of aromatic amines is 2. The number of aromatic nitrogens is 4. The van der Waals surface area contributed by atoms with Crippen molar-refractivity contribution in [3.8, 4) is 23.7 Å². The van der Waals surface area contributed by atoms with Gasteiger partial charge in [-0.05, 0) is 73.5 Å². The Bertz CT molecular complexity index is 1860. The number of H-pyrrole nitrogens is 2. The van der Waals surface area contributed by atoms with Crippen molar-refractivity contribution in [1.82, 2.24) is 40.4 Å². The molecule has 0 saturated carbocycles. The number of likely N-dealkylation sites (tertiary alicyclic amines) is 2. The zero-order chi connectivity index (χ0) is 35.9. The number of rotatable bonds is 8. The van der Waals surface area contributed by atoms with Gasteiger partial charge in [0.2, 0.25) is 11.8 Å². The van der Waals surface area contributed by atoms with Crippen LogP contribution in [0.1, 0.15) is 88.4 Å². The van der Waals surface area contributed by atoms with E-state index in [9.17, 15) is 19.2 Å². The third kappa shape index (κ3) is 8.03. The van der Waals surface area contributed by atoms with E-state index in [1.165, 1.54) is 14.2 Å². The van der Waals surface area contributed by atoms with Crippen LogP contribution in [0.4, 0.5) is 9.59 Å². The van der Waals surface area contributed by atoms with Gasteiger partial charge < -0.3 is 39.9 Å². The number of imidazole rings is 2. The maximum Gasteiger partial charge on any atom is 0.407 e. The molecule has 0 spiro atoms. The Kier molecular flexibility index (Phi) is 11.3. The van der Waals surface area contributed by atoms with E-state index in [-0.39, 0.29) is 35.7 Å². The molecule has 14 heteroatoms. The van der Waals surface area contributed by atoms with Crippen LogP contribution in [0, 0.1) is 35.5 Å². The number of benzene rings is 1. The Labute approximate surface area is 291 Å². The summed E-state index contributed by atoms with van der Waals surface area (Å²) in [5.41, 5.74) is 2.87. The van der Waals surface area contributed by atoms with E-state index in [0.717, 1.165) is 42.3 Å². The quantitative estimate of drug-likeness (QED) is 0.260. The van der Waals surface area contributed by atoms with Gasteiger partial charge in [-0.3, -0.25) is 9.59 Å². The fraction of sp³-hybridized carbons (Fsp3) is 0.500. The summed E-state index contributed by atoms with van der Waals surface area (Å²) in [7, 11) is 2.55. The van der Waals surface area contributed by atoms with E-state index in [4.69, 9.17) is 14.5 Å². The summed E-state index contributed by atoms with van der Waals surface area (Å²) in [4.78, 5) is 70.0. The topological polar surface area (TPSA) is 175 Å². The lowest BCUT2D eigenvalue weighted by Gasteiger charge is -2.29. The van der Waals surface area contributed by atoms with E-state index in [0.29, 0.717) is 30.4 Å². The summed E-state index contributed by atoms with van der Waals surface area (Å²) in [6.07, 6.45) is 3.49. The minimum Gasteiger partial charge on any atom is -0.453 e. The van der Waals surface area contributed by atoms with Crippen molar-refractivity contribution >= 4 is 35.0 Å². The molecular weight excluding hydrogens is 640 g/mol. The van der Waals surface area contributed by atoms with Crippen LogP contribution in [-0.2, 0) is 19.1 Å². The summed E-state index contributed by atoms with van der Waals surface area (Å²) >= 11 is 0. The third-order valence-corrected chi connectivity index (χ3v) is 9.05. The van der Waals surface area contributed by atoms with Crippen LogP contribution in [0.5, 0.6) is 0 Å². The maximum atomic E-state index is 13.5. The minimum atomic E-state index is -0.707. The largest absolute Gasteiger partial charge is 0.453 e. The lowest BCUT2D eigenvalue weighted by Crippen LogP contribution is -2.51. The molecule has 4 amide bonds. The molecule has 2 fully saturated rings. The normalized spacial score (nSPS) is 18.2. The number of fused-ring (bicyclic) bond motifs is 1. The van der Waals surface area contributed by atoms with E-state index >= 15 is 0 Å². The molecule has 264 valence electrons. The van der Waals surface area contributed by atoms with Crippen molar-refractivity contribution in [3.05, 3.63) is 47.3 Å². The molecule has 2 aliphatic heterocycles. The number of carbonyl (C=O) groups excluding carboxylic acids is 4. The minimum absolute atomic E-state index is 0.118. The highest BCUT2D eigenvalue weighted by Gasteiger charge is 2.39. The number of carbonyl (C=O) groups is 4. The van der Waals surface area contributed by atoms with Gasteiger partial charge in [0.05, 0.1) is 43.5 Å². The van der Waals surface area contributed by atoms with Gasteiger partial charge in [0.15, 0.2) is 0 Å². The fourth-order valence-corrected chi connectivity index (χ4v) is 6.42. The monoisotopic (exact) mass is 684 g/mol. The molecule has 4 N–H and O–H groups in total. The summed E-state index contributed by atoms with van der Waals surface area (Å²) in [5.74, 6) is 12.6.